The number of hydrogen-bond donors (Lipinski definition) is 0. The standard InChI is InChI=1S/C24H40/c1-3-5-6-7-8-9-10-11-12-22-15-19-24(20-16-22)23-17-13-21(4-2)14-18-23/h13-14,17-18,22,24H,3-12,15-16,19-20H2,1-2H3. The van der Waals surface area contributed by atoms with Crippen molar-refractivity contribution in [2.45, 2.75) is 110 Å². The van der Waals surface area contributed by atoms with E-state index in [1.165, 1.54) is 89.0 Å². The molecule has 0 amide bonds. The van der Waals surface area contributed by atoms with Crippen LogP contribution in [0.1, 0.15) is 114 Å². The molecule has 0 spiro atoms. The molecule has 1 saturated carbocycles. The Morgan fingerprint density at radius 3 is 1.88 bits per heavy atom. The maximum Gasteiger partial charge on any atom is -0.0162 e. The second-order valence-electron chi connectivity index (χ2n) is 8.08. The predicted octanol–water partition coefficient (Wildman–Crippen LogP) is 8.05. The van der Waals surface area contributed by atoms with Crippen molar-refractivity contribution in [2.24, 2.45) is 5.92 Å². The lowest BCUT2D eigenvalue weighted by Gasteiger charge is -2.29. The van der Waals surface area contributed by atoms with Gasteiger partial charge in [0.1, 0.15) is 0 Å². The average molecular weight is 329 g/mol. The fourth-order valence-electron chi connectivity index (χ4n) is 4.38. The van der Waals surface area contributed by atoms with Crippen LogP contribution in [0, 0.1) is 5.92 Å². The van der Waals surface area contributed by atoms with Crippen LogP contribution in [-0.2, 0) is 6.42 Å². The first kappa shape index (κ1) is 19.5. The predicted molar refractivity (Wildman–Crippen MR) is 108 cm³/mol. The summed E-state index contributed by atoms with van der Waals surface area (Å²) in [7, 11) is 0. The van der Waals surface area contributed by atoms with Gasteiger partial charge in [0.25, 0.3) is 0 Å². The summed E-state index contributed by atoms with van der Waals surface area (Å²) in [6.07, 6.45) is 20.1. The molecule has 1 aromatic carbocycles. The summed E-state index contributed by atoms with van der Waals surface area (Å²) >= 11 is 0. The summed E-state index contributed by atoms with van der Waals surface area (Å²) in [4.78, 5) is 0. The molecule has 1 aliphatic carbocycles. The molecule has 136 valence electrons. The molecule has 1 aliphatic rings. The number of benzene rings is 1. The molecule has 0 radical (unpaired) electrons. The van der Waals surface area contributed by atoms with Crippen molar-refractivity contribution in [3.63, 3.8) is 0 Å². The molecule has 1 aromatic rings. The lowest BCUT2D eigenvalue weighted by atomic mass is 9.77. The minimum Gasteiger partial charge on any atom is -0.0654 e. The summed E-state index contributed by atoms with van der Waals surface area (Å²) in [6.45, 7) is 4.54. The van der Waals surface area contributed by atoms with Gasteiger partial charge in [0, 0.05) is 0 Å². The van der Waals surface area contributed by atoms with E-state index in [4.69, 9.17) is 0 Å². The van der Waals surface area contributed by atoms with Crippen molar-refractivity contribution < 1.29 is 0 Å². The minimum absolute atomic E-state index is 0.839. The first-order chi connectivity index (χ1) is 11.8. The van der Waals surface area contributed by atoms with Gasteiger partial charge in [-0.1, -0.05) is 95.9 Å². The highest BCUT2D eigenvalue weighted by molar-refractivity contribution is 5.25. The third-order valence-electron chi connectivity index (χ3n) is 6.17. The molecule has 0 aliphatic heterocycles. The van der Waals surface area contributed by atoms with Crippen LogP contribution in [0.25, 0.3) is 0 Å². The Morgan fingerprint density at radius 2 is 1.29 bits per heavy atom. The fraction of sp³-hybridized carbons (Fsp3) is 0.750. The Bertz CT molecular complexity index is 408. The Morgan fingerprint density at radius 1 is 0.708 bits per heavy atom. The zero-order chi connectivity index (χ0) is 17.0. The molecule has 2 rings (SSSR count). The third-order valence-corrected chi connectivity index (χ3v) is 6.17. The van der Waals surface area contributed by atoms with Crippen molar-refractivity contribution >= 4 is 0 Å². The van der Waals surface area contributed by atoms with Crippen molar-refractivity contribution in [1.82, 2.24) is 0 Å². The van der Waals surface area contributed by atoms with Gasteiger partial charge in [-0.05, 0) is 55.1 Å². The Labute approximate surface area is 151 Å². The van der Waals surface area contributed by atoms with Crippen molar-refractivity contribution in [1.29, 1.82) is 0 Å². The molecule has 0 aromatic heterocycles. The Balaban J connectivity index is 1.54. The molecule has 0 saturated heterocycles. The van der Waals surface area contributed by atoms with Crippen LogP contribution in [0.2, 0.25) is 0 Å². The van der Waals surface area contributed by atoms with Gasteiger partial charge in [0.2, 0.25) is 0 Å². The van der Waals surface area contributed by atoms with Crippen LogP contribution < -0.4 is 0 Å². The largest absolute Gasteiger partial charge is 0.0654 e. The topological polar surface area (TPSA) is 0 Å². The SMILES string of the molecule is CCCCCCCCCCC1CCC(c2ccc(CC)cc2)CC1. The summed E-state index contributed by atoms with van der Waals surface area (Å²) in [5.41, 5.74) is 3.07. The fourth-order valence-corrected chi connectivity index (χ4v) is 4.38. The van der Waals surface area contributed by atoms with E-state index in [0.717, 1.165) is 18.3 Å². The van der Waals surface area contributed by atoms with E-state index in [0.29, 0.717) is 0 Å². The van der Waals surface area contributed by atoms with Crippen LogP contribution >= 0.6 is 0 Å². The molecule has 1 fully saturated rings. The summed E-state index contributed by atoms with van der Waals surface area (Å²) in [6, 6.07) is 9.45. The number of aryl methyl sites for hydroxylation is 1. The molecule has 0 heterocycles. The highest BCUT2D eigenvalue weighted by Crippen LogP contribution is 2.37. The smallest absolute Gasteiger partial charge is 0.0162 e. The van der Waals surface area contributed by atoms with Gasteiger partial charge in [0.15, 0.2) is 0 Å². The molecule has 0 N–H and O–H groups in total. The van der Waals surface area contributed by atoms with Gasteiger partial charge in [0.05, 0.1) is 0 Å². The molecule has 24 heavy (non-hydrogen) atoms. The maximum atomic E-state index is 2.39. The lowest BCUT2D eigenvalue weighted by molar-refractivity contribution is 0.301. The van der Waals surface area contributed by atoms with E-state index in [2.05, 4.69) is 38.1 Å². The molecule has 0 bridgehead atoms. The second kappa shape index (κ2) is 11.7. The van der Waals surface area contributed by atoms with E-state index < -0.39 is 0 Å². The van der Waals surface area contributed by atoms with E-state index >= 15 is 0 Å². The van der Waals surface area contributed by atoms with E-state index in [1.54, 1.807) is 5.56 Å². The van der Waals surface area contributed by atoms with E-state index in [-0.39, 0.29) is 0 Å². The van der Waals surface area contributed by atoms with Crippen LogP contribution in [0.3, 0.4) is 0 Å². The van der Waals surface area contributed by atoms with E-state index in [1.807, 2.05) is 0 Å². The van der Waals surface area contributed by atoms with Gasteiger partial charge < -0.3 is 0 Å². The molecule has 0 unspecified atom stereocenters. The van der Waals surface area contributed by atoms with Gasteiger partial charge in [-0.15, -0.1) is 0 Å². The van der Waals surface area contributed by atoms with Crippen LogP contribution in [0.15, 0.2) is 24.3 Å². The van der Waals surface area contributed by atoms with Crippen molar-refractivity contribution in [2.75, 3.05) is 0 Å². The van der Waals surface area contributed by atoms with Crippen molar-refractivity contribution in [3.8, 4) is 0 Å². The zero-order valence-electron chi connectivity index (χ0n) is 16.4. The monoisotopic (exact) mass is 328 g/mol. The van der Waals surface area contributed by atoms with Gasteiger partial charge >= 0.3 is 0 Å². The molecule has 0 nitrogen and oxygen atoms in total. The number of unbranched alkanes of at least 4 members (excludes halogenated alkanes) is 7. The summed E-state index contributed by atoms with van der Waals surface area (Å²) < 4.78 is 0. The molecule has 0 heteroatoms. The minimum atomic E-state index is 0.839. The van der Waals surface area contributed by atoms with Crippen LogP contribution in [0.4, 0.5) is 0 Å². The van der Waals surface area contributed by atoms with Crippen LogP contribution in [-0.4, -0.2) is 0 Å². The lowest BCUT2D eigenvalue weighted by Crippen LogP contribution is -2.13. The first-order valence-electron chi connectivity index (χ1n) is 10.9. The highest BCUT2D eigenvalue weighted by Gasteiger charge is 2.21. The summed E-state index contributed by atoms with van der Waals surface area (Å²) in [5.74, 6) is 1.86. The molecular formula is C24H40. The zero-order valence-corrected chi connectivity index (χ0v) is 16.4. The highest BCUT2D eigenvalue weighted by atomic mass is 14.3. The van der Waals surface area contributed by atoms with Gasteiger partial charge in [-0.25, -0.2) is 0 Å². The first-order valence-corrected chi connectivity index (χ1v) is 10.9. The van der Waals surface area contributed by atoms with E-state index in [9.17, 15) is 0 Å². The normalized spacial score (nSPS) is 21.1. The number of rotatable bonds is 11. The Kier molecular flexibility index (Phi) is 9.54. The quantitative estimate of drug-likeness (QED) is 0.360. The van der Waals surface area contributed by atoms with Gasteiger partial charge in [-0.3, -0.25) is 0 Å². The summed E-state index contributed by atoms with van der Waals surface area (Å²) in [5, 5.41) is 0. The number of hydrogen-bond acceptors (Lipinski definition) is 0. The second-order valence-corrected chi connectivity index (χ2v) is 8.08. The molecule has 0 atom stereocenters. The third kappa shape index (κ3) is 6.99. The average Bonchev–Trinajstić information content (AvgIpc) is 2.64. The van der Waals surface area contributed by atoms with Crippen molar-refractivity contribution in [3.05, 3.63) is 35.4 Å². The molecular weight excluding hydrogens is 288 g/mol. The van der Waals surface area contributed by atoms with Crippen LogP contribution in [0.5, 0.6) is 0 Å². The van der Waals surface area contributed by atoms with Gasteiger partial charge in [-0.2, -0.15) is 0 Å². The maximum absolute atomic E-state index is 2.39. The Hall–Kier alpha value is -0.780.